The third kappa shape index (κ3) is 3.99. The van der Waals surface area contributed by atoms with Gasteiger partial charge < -0.3 is 15.5 Å². The number of benzene rings is 1. The number of aromatic nitrogens is 2. The van der Waals surface area contributed by atoms with Gasteiger partial charge in [-0.1, -0.05) is 11.6 Å². The first kappa shape index (κ1) is 17.4. The summed E-state index contributed by atoms with van der Waals surface area (Å²) in [6.07, 6.45) is 2.85. The highest BCUT2D eigenvalue weighted by Crippen LogP contribution is 2.31. The van der Waals surface area contributed by atoms with Crippen LogP contribution in [-0.4, -0.2) is 36.0 Å². The van der Waals surface area contributed by atoms with Crippen LogP contribution in [0.3, 0.4) is 0 Å². The first-order valence-electron chi connectivity index (χ1n) is 8.08. The van der Waals surface area contributed by atoms with E-state index in [0.717, 1.165) is 5.82 Å². The number of carbonyl (C=O) groups excluding carboxylic acids is 1. The Hall–Kier alpha value is -2.41. The molecular formula is C17H19ClFN5O. The lowest BCUT2D eigenvalue weighted by Gasteiger charge is -2.33. The molecule has 1 saturated heterocycles. The van der Waals surface area contributed by atoms with Crippen LogP contribution in [0.1, 0.15) is 12.8 Å². The van der Waals surface area contributed by atoms with Crippen LogP contribution in [0, 0.1) is 11.7 Å². The molecule has 1 aromatic carbocycles. The molecule has 0 bridgehead atoms. The Balaban J connectivity index is 1.61. The molecule has 0 saturated carbocycles. The molecule has 1 aliphatic rings. The maximum Gasteiger partial charge on any atom is 0.227 e. The normalized spacial score (nSPS) is 15.1. The summed E-state index contributed by atoms with van der Waals surface area (Å²) in [5.74, 6) is 0.299. The summed E-state index contributed by atoms with van der Waals surface area (Å²) in [6.45, 7) is 1.40. The predicted molar refractivity (Wildman–Crippen MR) is 96.6 cm³/mol. The zero-order valence-corrected chi connectivity index (χ0v) is 14.6. The van der Waals surface area contributed by atoms with E-state index in [-0.39, 0.29) is 17.6 Å². The zero-order valence-electron chi connectivity index (χ0n) is 13.8. The van der Waals surface area contributed by atoms with Gasteiger partial charge in [-0.05, 0) is 37.1 Å². The van der Waals surface area contributed by atoms with Gasteiger partial charge in [-0.3, -0.25) is 4.79 Å². The number of carbonyl (C=O) groups is 1. The summed E-state index contributed by atoms with van der Waals surface area (Å²) in [5, 5.41) is 6.24. The molecule has 1 aliphatic heterocycles. The van der Waals surface area contributed by atoms with Crippen molar-refractivity contribution in [3.05, 3.63) is 41.6 Å². The standard InChI is InChI=1S/C17H19ClFN5O/c1-20-14-15(18)21-10-22-16(14)24-8-6-11(7-9-24)17(25)23-13-4-2-12(19)3-5-13/h2-5,10-11,20H,6-9H2,1H3,(H,23,25). The third-order valence-electron chi connectivity index (χ3n) is 4.31. The lowest BCUT2D eigenvalue weighted by Crippen LogP contribution is -2.39. The highest BCUT2D eigenvalue weighted by molar-refractivity contribution is 6.32. The summed E-state index contributed by atoms with van der Waals surface area (Å²) in [5.41, 5.74) is 1.30. The van der Waals surface area contributed by atoms with E-state index in [1.165, 1.54) is 18.5 Å². The smallest absolute Gasteiger partial charge is 0.227 e. The molecule has 0 atom stereocenters. The molecule has 25 heavy (non-hydrogen) atoms. The van der Waals surface area contributed by atoms with E-state index in [1.54, 1.807) is 19.2 Å². The van der Waals surface area contributed by atoms with Gasteiger partial charge in [0.1, 0.15) is 17.8 Å². The van der Waals surface area contributed by atoms with Crippen molar-refractivity contribution in [3.63, 3.8) is 0 Å². The first-order chi connectivity index (χ1) is 12.1. The molecule has 2 aromatic rings. The Morgan fingerprint density at radius 3 is 2.56 bits per heavy atom. The number of nitrogens with zero attached hydrogens (tertiary/aromatic N) is 3. The van der Waals surface area contributed by atoms with Gasteiger partial charge >= 0.3 is 0 Å². The molecule has 6 nitrogen and oxygen atoms in total. The first-order valence-corrected chi connectivity index (χ1v) is 8.46. The molecule has 1 fully saturated rings. The molecule has 0 spiro atoms. The van der Waals surface area contributed by atoms with Gasteiger partial charge in [0.15, 0.2) is 11.0 Å². The molecule has 0 unspecified atom stereocenters. The van der Waals surface area contributed by atoms with E-state index >= 15 is 0 Å². The number of piperidine rings is 1. The van der Waals surface area contributed by atoms with Crippen LogP contribution in [0.4, 0.5) is 21.6 Å². The molecular weight excluding hydrogens is 345 g/mol. The van der Waals surface area contributed by atoms with Crippen molar-refractivity contribution in [1.82, 2.24) is 9.97 Å². The molecule has 2 N–H and O–H groups in total. The molecule has 0 aliphatic carbocycles. The summed E-state index contributed by atoms with van der Waals surface area (Å²) in [7, 11) is 1.77. The Kier molecular flexibility index (Phi) is 5.33. The van der Waals surface area contributed by atoms with E-state index < -0.39 is 0 Å². The van der Waals surface area contributed by atoms with Crippen LogP contribution in [0.5, 0.6) is 0 Å². The van der Waals surface area contributed by atoms with Crippen molar-refractivity contribution < 1.29 is 9.18 Å². The van der Waals surface area contributed by atoms with Gasteiger partial charge in [0.25, 0.3) is 0 Å². The summed E-state index contributed by atoms with van der Waals surface area (Å²) in [6, 6.07) is 5.78. The van der Waals surface area contributed by atoms with Gasteiger partial charge in [-0.2, -0.15) is 0 Å². The van der Waals surface area contributed by atoms with Crippen molar-refractivity contribution in [2.75, 3.05) is 35.7 Å². The molecule has 2 heterocycles. The number of amides is 1. The molecule has 1 amide bonds. The minimum absolute atomic E-state index is 0.0409. The second kappa shape index (κ2) is 7.65. The van der Waals surface area contributed by atoms with Gasteiger partial charge in [0.05, 0.1) is 0 Å². The summed E-state index contributed by atoms with van der Waals surface area (Å²) >= 11 is 6.10. The monoisotopic (exact) mass is 363 g/mol. The Labute approximate surface area is 150 Å². The molecule has 8 heteroatoms. The van der Waals surface area contributed by atoms with Crippen molar-refractivity contribution in [1.29, 1.82) is 0 Å². The van der Waals surface area contributed by atoms with E-state index in [1.807, 2.05) is 0 Å². The number of rotatable bonds is 4. The van der Waals surface area contributed by atoms with Crippen LogP contribution in [0.15, 0.2) is 30.6 Å². The topological polar surface area (TPSA) is 70.2 Å². The van der Waals surface area contributed by atoms with Crippen LogP contribution in [-0.2, 0) is 4.79 Å². The van der Waals surface area contributed by atoms with Crippen LogP contribution >= 0.6 is 11.6 Å². The second-order valence-electron chi connectivity index (χ2n) is 5.87. The fraction of sp³-hybridized carbons (Fsp3) is 0.353. The number of nitrogens with one attached hydrogen (secondary N) is 2. The lowest BCUT2D eigenvalue weighted by atomic mass is 9.95. The van der Waals surface area contributed by atoms with Crippen LogP contribution in [0.2, 0.25) is 5.15 Å². The Morgan fingerprint density at radius 1 is 1.24 bits per heavy atom. The average molecular weight is 364 g/mol. The maximum absolute atomic E-state index is 12.9. The van der Waals surface area contributed by atoms with Gasteiger partial charge in [-0.15, -0.1) is 0 Å². The van der Waals surface area contributed by atoms with Gasteiger partial charge in [-0.25, -0.2) is 14.4 Å². The fourth-order valence-electron chi connectivity index (χ4n) is 2.94. The van der Waals surface area contributed by atoms with E-state index in [9.17, 15) is 9.18 Å². The average Bonchev–Trinajstić information content (AvgIpc) is 2.63. The number of anilines is 3. The SMILES string of the molecule is CNc1c(Cl)ncnc1N1CCC(C(=O)Nc2ccc(F)cc2)CC1. The van der Waals surface area contributed by atoms with E-state index in [4.69, 9.17) is 11.6 Å². The van der Waals surface area contributed by atoms with Crippen LogP contribution < -0.4 is 15.5 Å². The largest absolute Gasteiger partial charge is 0.383 e. The number of hydrogen-bond donors (Lipinski definition) is 2. The highest BCUT2D eigenvalue weighted by atomic mass is 35.5. The molecule has 132 valence electrons. The van der Waals surface area contributed by atoms with Gasteiger partial charge in [0, 0.05) is 31.7 Å². The minimum atomic E-state index is -0.324. The van der Waals surface area contributed by atoms with Crippen molar-refractivity contribution in [3.8, 4) is 0 Å². The van der Waals surface area contributed by atoms with Crippen LogP contribution in [0.25, 0.3) is 0 Å². The number of halogens is 2. The lowest BCUT2D eigenvalue weighted by molar-refractivity contribution is -0.120. The second-order valence-corrected chi connectivity index (χ2v) is 6.23. The summed E-state index contributed by atoms with van der Waals surface area (Å²) in [4.78, 5) is 22.8. The highest BCUT2D eigenvalue weighted by Gasteiger charge is 2.27. The van der Waals surface area contributed by atoms with Crippen molar-refractivity contribution in [2.45, 2.75) is 12.8 Å². The number of hydrogen-bond acceptors (Lipinski definition) is 5. The zero-order chi connectivity index (χ0) is 17.8. The quantitative estimate of drug-likeness (QED) is 0.816. The van der Waals surface area contributed by atoms with Gasteiger partial charge in [0.2, 0.25) is 5.91 Å². The molecule has 0 radical (unpaired) electrons. The third-order valence-corrected chi connectivity index (χ3v) is 4.59. The molecule has 1 aromatic heterocycles. The van der Waals surface area contributed by atoms with Crippen molar-refractivity contribution >= 4 is 34.7 Å². The van der Waals surface area contributed by atoms with E-state index in [0.29, 0.717) is 42.5 Å². The fourth-order valence-corrected chi connectivity index (χ4v) is 3.16. The minimum Gasteiger partial charge on any atom is -0.383 e. The predicted octanol–water partition coefficient (Wildman–Crippen LogP) is 3.17. The van der Waals surface area contributed by atoms with E-state index in [2.05, 4.69) is 25.5 Å². The van der Waals surface area contributed by atoms with Crippen molar-refractivity contribution in [2.24, 2.45) is 5.92 Å². The summed E-state index contributed by atoms with van der Waals surface area (Å²) < 4.78 is 12.9. The maximum atomic E-state index is 12.9. The molecule has 3 rings (SSSR count). The Morgan fingerprint density at radius 2 is 1.92 bits per heavy atom. The Bertz CT molecular complexity index is 747.